The number of amides is 2. The predicted molar refractivity (Wildman–Crippen MR) is 183 cm³/mol. The molecule has 0 bridgehead atoms. The fraction of sp³-hybridized carbons (Fsp3) is 0.405. The van der Waals surface area contributed by atoms with Crippen LogP contribution in [0.1, 0.15) is 46.7 Å². The molecule has 2 fully saturated rings. The molecule has 3 aromatic rings. The quantitative estimate of drug-likeness (QED) is 0.259. The lowest BCUT2D eigenvalue weighted by Crippen LogP contribution is -2.54. The topological polar surface area (TPSA) is 80.3 Å². The second-order valence-corrected chi connectivity index (χ2v) is 13.7. The molecule has 2 saturated heterocycles. The van der Waals surface area contributed by atoms with Gasteiger partial charge in [0.2, 0.25) is 0 Å². The third-order valence-electron chi connectivity index (χ3n) is 9.31. The Balaban J connectivity index is 0.968. The predicted octanol–water partition coefficient (Wildman–Crippen LogP) is 6.30. The van der Waals surface area contributed by atoms with E-state index in [1.807, 2.05) is 42.5 Å². The Morgan fingerprint density at radius 2 is 1.63 bits per heavy atom. The Morgan fingerprint density at radius 3 is 2.33 bits per heavy atom. The van der Waals surface area contributed by atoms with Gasteiger partial charge in [0.1, 0.15) is 36.1 Å². The van der Waals surface area contributed by atoms with E-state index in [-0.39, 0.29) is 16.7 Å². The van der Waals surface area contributed by atoms with Crippen LogP contribution < -0.4 is 19.5 Å². The van der Waals surface area contributed by atoms with Crippen molar-refractivity contribution >= 4 is 29.0 Å². The van der Waals surface area contributed by atoms with E-state index >= 15 is 0 Å². The molecule has 0 radical (unpaired) electrons. The molecule has 1 atom stereocenters. The van der Waals surface area contributed by atoms with Gasteiger partial charge < -0.3 is 14.2 Å². The fourth-order valence-corrected chi connectivity index (χ4v) is 7.19. The molecule has 0 spiro atoms. The van der Waals surface area contributed by atoms with Crippen LogP contribution in [-0.4, -0.2) is 72.4 Å². The highest BCUT2D eigenvalue weighted by Crippen LogP contribution is 2.44. The van der Waals surface area contributed by atoms with Gasteiger partial charge in [0.05, 0.1) is 4.91 Å². The molecule has 1 N–H and O–H groups in total. The number of imide groups is 1. The Bertz CT molecular complexity index is 1620. The number of fused-ring (bicyclic) bond motifs is 1. The maximum absolute atomic E-state index is 11.8. The summed E-state index contributed by atoms with van der Waals surface area (Å²) in [7, 11) is 0. The molecule has 3 aromatic carbocycles. The van der Waals surface area contributed by atoms with Crippen molar-refractivity contribution < 1.29 is 23.8 Å². The molecular weight excluding hydrogens is 598 g/mol. The first-order chi connectivity index (χ1) is 22.2. The number of carbonyl (C=O) groups is 2. The molecule has 2 amide bonds. The van der Waals surface area contributed by atoms with Gasteiger partial charge in [0.15, 0.2) is 0 Å². The van der Waals surface area contributed by atoms with E-state index in [0.717, 1.165) is 92.2 Å². The van der Waals surface area contributed by atoms with Gasteiger partial charge in [0, 0.05) is 44.8 Å². The maximum atomic E-state index is 11.8. The average molecular weight is 642 g/mol. The molecular formula is C37H43N3O5S. The van der Waals surface area contributed by atoms with Crippen molar-refractivity contribution in [1.82, 2.24) is 15.1 Å². The number of hydrogen-bond acceptors (Lipinski definition) is 8. The highest BCUT2D eigenvalue weighted by atomic mass is 32.2. The smallest absolute Gasteiger partial charge is 0.290 e. The Hall–Kier alpha value is -3.79. The number of nitrogens with one attached hydrogen (secondary N) is 1. The molecule has 0 aromatic heterocycles. The van der Waals surface area contributed by atoms with Crippen molar-refractivity contribution in [2.45, 2.75) is 52.7 Å². The molecule has 242 valence electrons. The van der Waals surface area contributed by atoms with Crippen LogP contribution in [0, 0.1) is 20.8 Å². The molecule has 0 unspecified atom stereocenters. The third-order valence-corrected chi connectivity index (χ3v) is 10.1. The number of nitrogens with zero attached hydrogens (tertiary/aromatic N) is 2. The van der Waals surface area contributed by atoms with E-state index in [1.54, 1.807) is 6.08 Å². The van der Waals surface area contributed by atoms with E-state index < -0.39 is 0 Å². The molecule has 3 aliphatic rings. The summed E-state index contributed by atoms with van der Waals surface area (Å²) >= 11 is 0.922. The Labute approximate surface area is 276 Å². The molecule has 3 aliphatic heterocycles. The minimum Gasteiger partial charge on any atom is -0.492 e. The van der Waals surface area contributed by atoms with Crippen molar-refractivity contribution in [3.8, 4) is 17.2 Å². The lowest BCUT2D eigenvalue weighted by Gasteiger charge is -2.43. The van der Waals surface area contributed by atoms with E-state index in [2.05, 4.69) is 54.9 Å². The Kier molecular flexibility index (Phi) is 9.73. The molecule has 0 saturated carbocycles. The second-order valence-electron chi connectivity index (χ2n) is 12.7. The first-order valence-corrected chi connectivity index (χ1v) is 16.9. The summed E-state index contributed by atoms with van der Waals surface area (Å²) in [4.78, 5) is 28.5. The van der Waals surface area contributed by atoms with E-state index in [0.29, 0.717) is 18.1 Å². The number of benzene rings is 3. The molecule has 8 nitrogen and oxygen atoms in total. The van der Waals surface area contributed by atoms with Crippen LogP contribution in [0.2, 0.25) is 0 Å². The van der Waals surface area contributed by atoms with Crippen molar-refractivity contribution in [2.24, 2.45) is 0 Å². The van der Waals surface area contributed by atoms with Crippen LogP contribution in [0.5, 0.6) is 17.2 Å². The largest absolute Gasteiger partial charge is 0.492 e. The lowest BCUT2D eigenvalue weighted by atomic mass is 9.86. The summed E-state index contributed by atoms with van der Waals surface area (Å²) < 4.78 is 19.2. The third kappa shape index (κ3) is 7.43. The molecule has 9 heteroatoms. The van der Waals surface area contributed by atoms with E-state index in [4.69, 9.17) is 14.2 Å². The van der Waals surface area contributed by atoms with Crippen LogP contribution in [0.3, 0.4) is 0 Å². The summed E-state index contributed by atoms with van der Waals surface area (Å²) in [6.07, 6.45) is 3.69. The number of rotatable bonds is 10. The molecule has 3 heterocycles. The van der Waals surface area contributed by atoms with Crippen molar-refractivity contribution in [3.05, 3.63) is 92.9 Å². The zero-order valence-electron chi connectivity index (χ0n) is 27.2. The Morgan fingerprint density at radius 1 is 0.913 bits per heavy atom. The van der Waals surface area contributed by atoms with Crippen LogP contribution >= 0.6 is 11.8 Å². The number of ether oxygens (including phenoxy) is 3. The van der Waals surface area contributed by atoms with Gasteiger partial charge in [0.25, 0.3) is 11.1 Å². The number of piperazine rings is 1. The standard InChI is InChI=1S/C37H43N3O5S/c1-25-26(2)34-31(27(3)33(25)44-23-29-8-6-5-7-9-29)14-15-37(4,45-34)24-40-18-16-39(17-19-40)20-21-43-30-12-10-28(11-13-30)22-32-35(41)38-36(42)46-32/h5-13,22H,14-21,23-24H2,1-4H3,(H,38,41,42)/t37-/m0/s1. The van der Waals surface area contributed by atoms with Gasteiger partial charge in [-0.05, 0) is 98.3 Å². The summed E-state index contributed by atoms with van der Waals surface area (Å²) in [6.45, 7) is 15.7. The number of carbonyl (C=O) groups excluding carboxylic acids is 2. The van der Waals surface area contributed by atoms with Gasteiger partial charge in [-0.2, -0.15) is 0 Å². The number of thioether (sulfide) groups is 1. The van der Waals surface area contributed by atoms with Crippen molar-refractivity contribution in [3.63, 3.8) is 0 Å². The molecule has 6 rings (SSSR count). The van der Waals surface area contributed by atoms with Gasteiger partial charge in [-0.25, -0.2) is 0 Å². The van der Waals surface area contributed by atoms with Gasteiger partial charge in [-0.3, -0.25) is 24.7 Å². The zero-order chi connectivity index (χ0) is 32.3. The minimum absolute atomic E-state index is 0.230. The summed E-state index contributed by atoms with van der Waals surface area (Å²) in [6, 6.07) is 17.9. The van der Waals surface area contributed by atoms with Crippen LogP contribution in [-0.2, 0) is 17.8 Å². The molecule has 0 aliphatic carbocycles. The SMILES string of the molecule is Cc1c(C)c2c(c(C)c1OCc1ccccc1)CC[C@@](C)(CN1CCN(CCOc3ccc(C=C4SC(=O)NC4=O)cc3)CC1)O2. The second kappa shape index (κ2) is 13.9. The minimum atomic E-state index is -0.347. The highest BCUT2D eigenvalue weighted by molar-refractivity contribution is 8.18. The van der Waals surface area contributed by atoms with Gasteiger partial charge in [-0.15, -0.1) is 0 Å². The van der Waals surface area contributed by atoms with Crippen LogP contribution in [0.15, 0.2) is 59.5 Å². The fourth-order valence-electron chi connectivity index (χ4n) is 6.51. The summed E-state index contributed by atoms with van der Waals surface area (Å²) in [5, 5.41) is 1.94. The first kappa shape index (κ1) is 32.2. The van der Waals surface area contributed by atoms with Crippen molar-refractivity contribution in [2.75, 3.05) is 45.9 Å². The number of hydrogen-bond donors (Lipinski definition) is 1. The van der Waals surface area contributed by atoms with Crippen LogP contribution in [0.25, 0.3) is 6.08 Å². The van der Waals surface area contributed by atoms with Crippen LogP contribution in [0.4, 0.5) is 4.79 Å². The van der Waals surface area contributed by atoms with Gasteiger partial charge >= 0.3 is 0 Å². The highest BCUT2D eigenvalue weighted by Gasteiger charge is 2.37. The average Bonchev–Trinajstić information content (AvgIpc) is 3.37. The van der Waals surface area contributed by atoms with E-state index in [9.17, 15) is 9.59 Å². The summed E-state index contributed by atoms with van der Waals surface area (Å²) in [5.74, 6) is 2.49. The monoisotopic (exact) mass is 641 g/mol. The lowest BCUT2D eigenvalue weighted by molar-refractivity contribution is -0.115. The van der Waals surface area contributed by atoms with Crippen molar-refractivity contribution in [1.29, 1.82) is 0 Å². The summed E-state index contributed by atoms with van der Waals surface area (Å²) in [5.41, 5.74) is 6.63. The zero-order valence-corrected chi connectivity index (χ0v) is 28.0. The normalized spacial score (nSPS) is 21.2. The van der Waals surface area contributed by atoms with Gasteiger partial charge in [-0.1, -0.05) is 42.5 Å². The maximum Gasteiger partial charge on any atom is 0.290 e. The van der Waals surface area contributed by atoms with E-state index in [1.165, 1.54) is 22.3 Å². The molecule has 46 heavy (non-hydrogen) atoms. The first-order valence-electron chi connectivity index (χ1n) is 16.1.